The third-order valence-electron chi connectivity index (χ3n) is 2.62. The van der Waals surface area contributed by atoms with Gasteiger partial charge in [-0.2, -0.15) is 0 Å². The van der Waals surface area contributed by atoms with E-state index in [0.29, 0.717) is 30.6 Å². The summed E-state index contributed by atoms with van der Waals surface area (Å²) in [6.07, 6.45) is 0.490. The van der Waals surface area contributed by atoms with Gasteiger partial charge in [0.1, 0.15) is 0 Å². The molecule has 0 saturated carbocycles. The van der Waals surface area contributed by atoms with Crippen molar-refractivity contribution in [3.05, 3.63) is 0 Å². The lowest BCUT2D eigenvalue weighted by atomic mass is 9.97. The number of rotatable bonds is 4. The maximum Gasteiger partial charge on any atom is 0.288 e. The molecule has 1 heterocycles. The van der Waals surface area contributed by atoms with E-state index in [0.717, 1.165) is 5.33 Å². The van der Waals surface area contributed by atoms with Crippen molar-refractivity contribution in [1.29, 1.82) is 0 Å². The van der Waals surface area contributed by atoms with Gasteiger partial charge in [-0.15, -0.1) is 0 Å². The van der Waals surface area contributed by atoms with E-state index >= 15 is 0 Å². The SMILES string of the molecule is CC(C)C(CBr)CN1C(=O)CCSC1=O. The standard InChI is InChI=1S/C10H16BrNO2S/c1-7(2)8(5-11)6-12-9(13)3-4-15-10(12)14/h7-8H,3-6H2,1-2H3. The predicted octanol–water partition coefficient (Wildman–Crippen LogP) is 2.74. The Labute approximate surface area is 103 Å². The molecule has 0 aromatic heterocycles. The number of thioether (sulfide) groups is 1. The second-order valence-electron chi connectivity index (χ2n) is 4.03. The van der Waals surface area contributed by atoms with E-state index in [1.54, 1.807) is 0 Å². The van der Waals surface area contributed by atoms with Crippen molar-refractivity contribution in [2.45, 2.75) is 20.3 Å². The molecular formula is C10H16BrNO2S. The zero-order chi connectivity index (χ0) is 11.4. The van der Waals surface area contributed by atoms with Gasteiger partial charge >= 0.3 is 0 Å². The van der Waals surface area contributed by atoms with Crippen molar-refractivity contribution in [3.63, 3.8) is 0 Å². The van der Waals surface area contributed by atoms with Crippen molar-refractivity contribution < 1.29 is 9.59 Å². The van der Waals surface area contributed by atoms with Crippen molar-refractivity contribution in [1.82, 2.24) is 4.90 Å². The van der Waals surface area contributed by atoms with Crippen molar-refractivity contribution >= 4 is 38.8 Å². The van der Waals surface area contributed by atoms with Gasteiger partial charge in [-0.25, -0.2) is 0 Å². The van der Waals surface area contributed by atoms with Gasteiger partial charge in [0, 0.05) is 24.0 Å². The van der Waals surface area contributed by atoms with Gasteiger partial charge < -0.3 is 0 Å². The zero-order valence-electron chi connectivity index (χ0n) is 9.03. The molecule has 1 unspecified atom stereocenters. The van der Waals surface area contributed by atoms with Crippen LogP contribution in [0.2, 0.25) is 0 Å². The van der Waals surface area contributed by atoms with Gasteiger partial charge in [-0.3, -0.25) is 14.5 Å². The fraction of sp³-hybridized carbons (Fsp3) is 0.800. The molecule has 1 rings (SSSR count). The number of nitrogens with zero attached hydrogens (tertiary/aromatic N) is 1. The van der Waals surface area contributed by atoms with E-state index in [-0.39, 0.29) is 11.1 Å². The first-order valence-electron chi connectivity index (χ1n) is 5.09. The Bertz CT molecular complexity index is 242. The molecule has 0 radical (unpaired) electrons. The van der Waals surface area contributed by atoms with Gasteiger partial charge in [0.2, 0.25) is 5.91 Å². The van der Waals surface area contributed by atoms with E-state index in [2.05, 4.69) is 29.8 Å². The molecule has 0 spiro atoms. The highest BCUT2D eigenvalue weighted by atomic mass is 79.9. The van der Waals surface area contributed by atoms with Crippen LogP contribution in [0, 0.1) is 11.8 Å². The first-order chi connectivity index (χ1) is 7.06. The number of halogens is 1. The maximum atomic E-state index is 11.6. The minimum atomic E-state index is -0.0853. The van der Waals surface area contributed by atoms with Crippen LogP contribution in [0.25, 0.3) is 0 Å². The second-order valence-corrected chi connectivity index (χ2v) is 5.72. The van der Waals surface area contributed by atoms with E-state index < -0.39 is 0 Å². The van der Waals surface area contributed by atoms with E-state index in [9.17, 15) is 9.59 Å². The Morgan fingerprint density at radius 2 is 2.13 bits per heavy atom. The fourth-order valence-corrected chi connectivity index (χ4v) is 3.12. The number of carbonyl (C=O) groups excluding carboxylic acids is 2. The number of amides is 2. The normalized spacial score (nSPS) is 19.9. The lowest BCUT2D eigenvalue weighted by Crippen LogP contribution is -2.42. The molecule has 0 bridgehead atoms. The molecule has 0 aliphatic carbocycles. The summed E-state index contributed by atoms with van der Waals surface area (Å²) in [6, 6.07) is 0. The van der Waals surface area contributed by atoms with E-state index in [4.69, 9.17) is 0 Å². The number of hydrogen-bond acceptors (Lipinski definition) is 3. The Kier molecular flexibility index (Phi) is 5.12. The van der Waals surface area contributed by atoms with Gasteiger partial charge in [0.05, 0.1) is 0 Å². The van der Waals surface area contributed by atoms with Crippen LogP contribution in [0.3, 0.4) is 0 Å². The van der Waals surface area contributed by atoms with Crippen LogP contribution in [0.5, 0.6) is 0 Å². The fourth-order valence-electron chi connectivity index (χ4n) is 1.39. The molecular weight excluding hydrogens is 278 g/mol. The van der Waals surface area contributed by atoms with Crippen LogP contribution in [-0.2, 0) is 4.79 Å². The first kappa shape index (κ1) is 13.0. The van der Waals surface area contributed by atoms with Crippen LogP contribution >= 0.6 is 27.7 Å². The summed E-state index contributed by atoms with van der Waals surface area (Å²) >= 11 is 4.67. The highest BCUT2D eigenvalue weighted by Gasteiger charge is 2.29. The quantitative estimate of drug-likeness (QED) is 0.748. The van der Waals surface area contributed by atoms with Gasteiger partial charge in [0.25, 0.3) is 5.24 Å². The monoisotopic (exact) mass is 293 g/mol. The molecule has 1 saturated heterocycles. The Morgan fingerprint density at radius 3 is 2.60 bits per heavy atom. The largest absolute Gasteiger partial charge is 0.288 e. The summed E-state index contributed by atoms with van der Waals surface area (Å²) in [7, 11) is 0. The molecule has 2 amide bonds. The number of imide groups is 1. The van der Waals surface area contributed by atoms with Crippen LogP contribution in [0.1, 0.15) is 20.3 Å². The number of carbonyl (C=O) groups is 2. The summed E-state index contributed by atoms with van der Waals surface area (Å²) in [6.45, 7) is 4.77. The Hall–Kier alpha value is -0.0300. The molecule has 5 heteroatoms. The zero-order valence-corrected chi connectivity index (χ0v) is 11.4. The maximum absolute atomic E-state index is 11.6. The Morgan fingerprint density at radius 1 is 1.47 bits per heavy atom. The average Bonchev–Trinajstić information content (AvgIpc) is 2.17. The number of hydrogen-bond donors (Lipinski definition) is 0. The van der Waals surface area contributed by atoms with Crippen LogP contribution in [-0.4, -0.2) is 33.7 Å². The van der Waals surface area contributed by atoms with Crippen LogP contribution in [0.4, 0.5) is 4.79 Å². The summed E-state index contributed by atoms with van der Waals surface area (Å²) in [5, 5.41) is 0.740. The molecule has 86 valence electrons. The third kappa shape index (κ3) is 3.48. The smallest absolute Gasteiger partial charge is 0.274 e. The van der Waals surface area contributed by atoms with Gasteiger partial charge in [-0.05, 0) is 11.8 Å². The topological polar surface area (TPSA) is 37.4 Å². The molecule has 0 N–H and O–H groups in total. The van der Waals surface area contributed by atoms with E-state index in [1.165, 1.54) is 16.7 Å². The van der Waals surface area contributed by atoms with Crippen molar-refractivity contribution in [2.75, 3.05) is 17.6 Å². The van der Waals surface area contributed by atoms with E-state index in [1.807, 2.05) is 0 Å². The minimum absolute atomic E-state index is 0.0228. The van der Waals surface area contributed by atoms with Crippen LogP contribution in [0.15, 0.2) is 0 Å². The van der Waals surface area contributed by atoms with Gasteiger partial charge in [0.15, 0.2) is 0 Å². The highest BCUT2D eigenvalue weighted by Crippen LogP contribution is 2.22. The summed E-state index contributed by atoms with van der Waals surface area (Å²) < 4.78 is 0. The molecule has 0 aromatic carbocycles. The highest BCUT2D eigenvalue weighted by molar-refractivity contribution is 9.09. The van der Waals surface area contributed by atoms with Gasteiger partial charge in [-0.1, -0.05) is 41.5 Å². The Balaban J connectivity index is 2.61. The van der Waals surface area contributed by atoms with Crippen molar-refractivity contribution in [2.24, 2.45) is 11.8 Å². The molecule has 1 aliphatic rings. The summed E-state index contributed by atoms with van der Waals surface area (Å²) in [5.41, 5.74) is 0. The average molecular weight is 294 g/mol. The minimum Gasteiger partial charge on any atom is -0.274 e. The lowest BCUT2D eigenvalue weighted by Gasteiger charge is -2.29. The molecule has 1 fully saturated rings. The molecule has 3 nitrogen and oxygen atoms in total. The first-order valence-corrected chi connectivity index (χ1v) is 7.20. The molecule has 1 atom stereocenters. The summed E-state index contributed by atoms with van der Waals surface area (Å²) in [4.78, 5) is 24.5. The third-order valence-corrected chi connectivity index (χ3v) is 4.33. The second kappa shape index (κ2) is 5.89. The molecule has 15 heavy (non-hydrogen) atoms. The number of alkyl halides is 1. The van der Waals surface area contributed by atoms with Crippen molar-refractivity contribution in [3.8, 4) is 0 Å². The predicted molar refractivity (Wildman–Crippen MR) is 66.3 cm³/mol. The van der Waals surface area contributed by atoms with Crippen LogP contribution < -0.4 is 0 Å². The summed E-state index contributed by atoms with van der Waals surface area (Å²) in [5.74, 6) is 1.42. The molecule has 0 aromatic rings. The lowest BCUT2D eigenvalue weighted by molar-refractivity contribution is -0.128. The molecule has 1 aliphatic heterocycles.